The zero-order chi connectivity index (χ0) is 26.7. The summed E-state index contributed by atoms with van der Waals surface area (Å²) in [6, 6.07) is 4.54. The molecule has 16 heteroatoms. The average molecular weight is 551 g/mol. The molecule has 0 radical (unpaired) electrons. The molecule has 2 aliphatic rings. The van der Waals surface area contributed by atoms with Crippen LogP contribution in [-0.2, 0) is 30.6 Å². The fourth-order valence-electron chi connectivity index (χ4n) is 3.62. The van der Waals surface area contributed by atoms with Gasteiger partial charge in [-0.05, 0) is 24.6 Å². The fraction of sp³-hybridized carbons (Fsp3) is 0.381. The number of amides is 2. The summed E-state index contributed by atoms with van der Waals surface area (Å²) in [5.41, 5.74) is 4.16. The first-order valence-corrected chi connectivity index (χ1v) is 12.8. The lowest BCUT2D eigenvalue weighted by Gasteiger charge is -2.52. The topological polar surface area (TPSA) is 200 Å². The zero-order valence-electron chi connectivity index (χ0n) is 19.4. The number of carbonyl (C=O) groups excluding carboxylic acids is 3. The smallest absolute Gasteiger partial charge is 0.341 e. The zero-order valence-corrected chi connectivity index (χ0v) is 21.0. The number of hydrogen-bond acceptors (Lipinski definition) is 13. The van der Waals surface area contributed by atoms with Crippen LogP contribution >= 0.6 is 23.1 Å². The lowest BCUT2D eigenvalue weighted by molar-refractivity contribution is -0.384. The highest BCUT2D eigenvalue weighted by atomic mass is 32.2. The number of nitro groups is 1. The third-order valence-electron chi connectivity index (χ3n) is 5.51. The van der Waals surface area contributed by atoms with Crippen LogP contribution in [0.5, 0.6) is 0 Å². The van der Waals surface area contributed by atoms with Gasteiger partial charge >= 0.3 is 5.97 Å². The van der Waals surface area contributed by atoms with E-state index in [1.165, 1.54) is 29.2 Å². The van der Waals surface area contributed by atoms with Gasteiger partial charge in [-0.15, -0.1) is 23.1 Å². The van der Waals surface area contributed by atoms with Gasteiger partial charge in [-0.1, -0.05) is 5.16 Å². The normalized spacial score (nSPS) is 23.0. The van der Waals surface area contributed by atoms with Crippen LogP contribution < -0.4 is 11.1 Å². The molecule has 0 aliphatic carbocycles. The number of fused-ring (bicyclic) bond motifs is 1. The van der Waals surface area contributed by atoms with Gasteiger partial charge in [-0.2, -0.15) is 0 Å². The molecule has 0 bridgehead atoms. The van der Waals surface area contributed by atoms with Gasteiger partial charge in [0.05, 0.1) is 11.5 Å². The summed E-state index contributed by atoms with van der Waals surface area (Å²) in [4.78, 5) is 58.8. The highest BCUT2D eigenvalue weighted by molar-refractivity contribution is 8.00. The van der Waals surface area contributed by atoms with E-state index in [4.69, 9.17) is 15.3 Å². The molecule has 196 valence electrons. The number of nitrogen functional groups attached to an aromatic ring is 1. The summed E-state index contributed by atoms with van der Waals surface area (Å²) in [7, 11) is 0. The summed E-state index contributed by atoms with van der Waals surface area (Å²) >= 11 is 2.24. The number of nitrogens with two attached hydrogens (primary N) is 1. The lowest BCUT2D eigenvalue weighted by atomic mass is 9.99. The number of hydrogen-bond donors (Lipinski definition) is 3. The van der Waals surface area contributed by atoms with Gasteiger partial charge in [0.25, 0.3) is 11.6 Å². The molecule has 0 saturated carbocycles. The van der Waals surface area contributed by atoms with Gasteiger partial charge < -0.3 is 30.6 Å². The Kier molecular flexibility index (Phi) is 7.60. The average Bonchev–Trinajstić information content (AvgIpc) is 3.32. The fourth-order valence-corrected chi connectivity index (χ4v) is 5.56. The van der Waals surface area contributed by atoms with Crippen molar-refractivity contribution in [3.8, 4) is 0 Å². The molecular weight excluding hydrogens is 528 g/mol. The maximum Gasteiger partial charge on any atom is 0.341 e. The maximum atomic E-state index is 12.9. The van der Waals surface area contributed by atoms with E-state index in [1.54, 1.807) is 12.3 Å². The number of anilines is 1. The molecule has 1 aromatic heterocycles. The van der Waals surface area contributed by atoms with Gasteiger partial charge in [0.2, 0.25) is 5.91 Å². The molecule has 0 spiro atoms. The third-order valence-corrected chi connectivity index (χ3v) is 7.70. The molecule has 14 nitrogen and oxygen atoms in total. The van der Waals surface area contributed by atoms with Crippen LogP contribution in [-0.4, -0.2) is 79.3 Å². The standard InChI is InChI=1S/C21H22N6O8S2/c1-2-35-25-14(13-8-36-20(22)23-13)16(28)24-15-17(29)26-9-21(31,10-37-18(15)26)19(30)34-7-11-3-5-12(6-4-11)27(32)33/h3-6,8,15,18,31H,2,7,9-10H2,1H3,(H2,22,23)(H,24,28)/t15?,18-,21?/m1/s1. The molecule has 1 aromatic carbocycles. The van der Waals surface area contributed by atoms with Crippen LogP contribution in [0.1, 0.15) is 18.2 Å². The largest absolute Gasteiger partial charge is 0.459 e. The SMILES string of the molecule is CCON=C(C(=O)NC1C(=O)N2CC(O)(C(=O)OCc3ccc([N+](=O)[O-])cc3)CS[C@H]12)c1csc(N)n1. The number of oxime groups is 1. The van der Waals surface area contributed by atoms with Crippen molar-refractivity contribution in [2.75, 3.05) is 24.6 Å². The maximum absolute atomic E-state index is 12.9. The van der Waals surface area contributed by atoms with E-state index >= 15 is 0 Å². The van der Waals surface area contributed by atoms with Crippen LogP contribution in [0.3, 0.4) is 0 Å². The Morgan fingerprint density at radius 2 is 2.14 bits per heavy atom. The quantitative estimate of drug-likeness (QED) is 0.127. The van der Waals surface area contributed by atoms with E-state index in [0.29, 0.717) is 5.56 Å². The Morgan fingerprint density at radius 3 is 2.76 bits per heavy atom. The molecule has 2 aromatic rings. The van der Waals surface area contributed by atoms with Crippen LogP contribution in [0, 0.1) is 10.1 Å². The van der Waals surface area contributed by atoms with Crippen molar-refractivity contribution >= 4 is 57.4 Å². The number of nitro benzene ring substituents is 1. The first kappa shape index (κ1) is 26.3. The predicted molar refractivity (Wildman–Crippen MR) is 132 cm³/mol. The minimum atomic E-state index is -1.95. The van der Waals surface area contributed by atoms with E-state index in [0.717, 1.165) is 23.1 Å². The molecule has 2 saturated heterocycles. The van der Waals surface area contributed by atoms with Gasteiger partial charge in [-0.25, -0.2) is 9.78 Å². The molecule has 2 unspecified atom stereocenters. The van der Waals surface area contributed by atoms with Crippen molar-refractivity contribution in [3.63, 3.8) is 0 Å². The van der Waals surface area contributed by atoms with E-state index in [9.17, 15) is 29.6 Å². The number of ether oxygens (including phenoxy) is 1. The lowest BCUT2D eigenvalue weighted by Crippen LogP contribution is -2.75. The van der Waals surface area contributed by atoms with E-state index in [-0.39, 0.29) is 47.7 Å². The molecule has 4 rings (SSSR count). The Labute approximate surface area is 217 Å². The second-order valence-corrected chi connectivity index (χ2v) is 10.1. The summed E-state index contributed by atoms with van der Waals surface area (Å²) in [5.74, 6) is -2.17. The van der Waals surface area contributed by atoms with Crippen molar-refractivity contribution in [2.24, 2.45) is 5.16 Å². The van der Waals surface area contributed by atoms with Gasteiger partial charge in [0.15, 0.2) is 16.4 Å². The first-order chi connectivity index (χ1) is 17.6. The van der Waals surface area contributed by atoms with Crippen molar-refractivity contribution in [1.29, 1.82) is 0 Å². The predicted octanol–water partition coefficient (Wildman–Crippen LogP) is 0.249. The number of rotatable bonds is 9. The number of non-ortho nitro benzene ring substituents is 1. The number of nitrogens with one attached hydrogen (secondary N) is 1. The van der Waals surface area contributed by atoms with Gasteiger partial charge in [0.1, 0.15) is 30.3 Å². The molecule has 3 atom stereocenters. The molecular formula is C21H22N6O8S2. The van der Waals surface area contributed by atoms with E-state index in [2.05, 4.69) is 15.5 Å². The number of esters is 1. The van der Waals surface area contributed by atoms with Crippen molar-refractivity contribution < 1.29 is 34.0 Å². The van der Waals surface area contributed by atoms with Crippen molar-refractivity contribution in [3.05, 3.63) is 51.0 Å². The number of carbonyl (C=O) groups is 3. The number of thiazole rings is 1. The molecule has 2 fully saturated rings. The summed E-state index contributed by atoms with van der Waals surface area (Å²) in [6.07, 6.45) is 0. The summed E-state index contributed by atoms with van der Waals surface area (Å²) in [5, 5.41) is 29.3. The third kappa shape index (κ3) is 5.50. The summed E-state index contributed by atoms with van der Waals surface area (Å²) in [6.45, 7) is 1.39. The molecule has 2 amide bonds. The van der Waals surface area contributed by atoms with Crippen LogP contribution in [0.15, 0.2) is 34.8 Å². The number of β-lactam (4-membered cyclic amide) rings is 1. The van der Waals surface area contributed by atoms with Crippen molar-refractivity contribution in [2.45, 2.75) is 30.5 Å². The Hall–Kier alpha value is -3.76. The molecule has 4 N–H and O–H groups in total. The number of benzene rings is 1. The first-order valence-electron chi connectivity index (χ1n) is 10.9. The van der Waals surface area contributed by atoms with Gasteiger partial charge in [-0.3, -0.25) is 19.7 Å². The Bertz CT molecular complexity index is 1250. The second-order valence-electron chi connectivity index (χ2n) is 8.08. The minimum absolute atomic E-state index is 0.0740. The van der Waals surface area contributed by atoms with Gasteiger partial charge in [0, 0.05) is 23.3 Å². The number of nitrogens with zero attached hydrogens (tertiary/aromatic N) is 4. The molecule has 37 heavy (non-hydrogen) atoms. The molecule has 2 aliphatic heterocycles. The monoisotopic (exact) mass is 550 g/mol. The van der Waals surface area contributed by atoms with Crippen LogP contribution in [0.2, 0.25) is 0 Å². The Balaban J connectivity index is 1.35. The molecule has 3 heterocycles. The minimum Gasteiger partial charge on any atom is -0.459 e. The summed E-state index contributed by atoms with van der Waals surface area (Å²) < 4.78 is 5.20. The second kappa shape index (κ2) is 10.7. The number of thioether (sulfide) groups is 1. The van der Waals surface area contributed by atoms with Crippen molar-refractivity contribution in [1.82, 2.24) is 15.2 Å². The van der Waals surface area contributed by atoms with Crippen LogP contribution in [0.4, 0.5) is 10.8 Å². The van der Waals surface area contributed by atoms with Crippen LogP contribution in [0.25, 0.3) is 0 Å². The number of aromatic nitrogens is 1. The highest BCUT2D eigenvalue weighted by Crippen LogP contribution is 2.39. The highest BCUT2D eigenvalue weighted by Gasteiger charge is 2.57. The van der Waals surface area contributed by atoms with E-state index < -0.39 is 39.7 Å². The Morgan fingerprint density at radius 1 is 1.41 bits per heavy atom. The number of aliphatic hydroxyl groups is 1. The van der Waals surface area contributed by atoms with E-state index in [1.807, 2.05) is 0 Å².